The number of nitrogens with zero attached hydrogens (tertiary/aromatic N) is 3. The van der Waals surface area contributed by atoms with Crippen LogP contribution in [0.4, 0.5) is 0 Å². The van der Waals surface area contributed by atoms with Crippen LogP contribution in [0.25, 0.3) is 11.4 Å². The summed E-state index contributed by atoms with van der Waals surface area (Å²) in [5.74, 6) is 1.53. The predicted octanol–water partition coefficient (Wildman–Crippen LogP) is 3.26. The van der Waals surface area contributed by atoms with E-state index in [-0.39, 0.29) is 11.9 Å². The Morgan fingerprint density at radius 1 is 1.27 bits per heavy atom. The summed E-state index contributed by atoms with van der Waals surface area (Å²) in [6.45, 7) is 0. The molecule has 1 aliphatic carbocycles. The Hall–Kier alpha value is -3.02. The number of aromatic nitrogens is 3. The smallest absolute Gasteiger partial charge is 0.220 e. The molecule has 26 heavy (non-hydrogen) atoms. The molecule has 0 radical (unpaired) electrons. The van der Waals surface area contributed by atoms with Crippen LogP contribution in [-0.2, 0) is 17.6 Å². The van der Waals surface area contributed by atoms with E-state index in [9.17, 15) is 4.79 Å². The van der Waals surface area contributed by atoms with Gasteiger partial charge in [-0.15, -0.1) is 0 Å². The summed E-state index contributed by atoms with van der Waals surface area (Å²) in [6.07, 6.45) is 10.8. The number of hydrogen-bond donors (Lipinski definition) is 1. The van der Waals surface area contributed by atoms with E-state index in [1.165, 1.54) is 0 Å². The minimum atomic E-state index is -0.0224. The zero-order valence-corrected chi connectivity index (χ0v) is 14.4. The molecule has 0 saturated carbocycles. The number of fused-ring (bicyclic) bond motifs is 1. The van der Waals surface area contributed by atoms with E-state index < -0.39 is 0 Å². The number of pyridine rings is 1. The van der Waals surface area contributed by atoms with Crippen LogP contribution in [0, 0.1) is 0 Å². The molecular formula is C20H20N4O2. The molecule has 0 spiro atoms. The van der Waals surface area contributed by atoms with Crippen molar-refractivity contribution in [3.8, 4) is 11.4 Å². The first-order chi connectivity index (χ1) is 12.8. The maximum absolute atomic E-state index is 12.3. The van der Waals surface area contributed by atoms with Gasteiger partial charge in [-0.25, -0.2) is 9.97 Å². The maximum Gasteiger partial charge on any atom is 0.220 e. The average molecular weight is 348 g/mol. The largest absolute Gasteiger partial charge is 0.469 e. The van der Waals surface area contributed by atoms with Crippen LogP contribution in [0.2, 0.25) is 0 Å². The molecule has 6 heteroatoms. The quantitative estimate of drug-likeness (QED) is 0.765. The van der Waals surface area contributed by atoms with Gasteiger partial charge in [0.05, 0.1) is 12.3 Å². The molecule has 1 N–H and O–H groups in total. The fourth-order valence-corrected chi connectivity index (χ4v) is 3.29. The van der Waals surface area contributed by atoms with Gasteiger partial charge < -0.3 is 9.73 Å². The van der Waals surface area contributed by atoms with Gasteiger partial charge in [0.15, 0.2) is 5.82 Å². The van der Waals surface area contributed by atoms with E-state index in [0.29, 0.717) is 18.7 Å². The minimum absolute atomic E-state index is 0.0224. The molecule has 0 fully saturated rings. The number of carbonyl (C=O) groups excluding carboxylic acids is 1. The van der Waals surface area contributed by atoms with Crippen molar-refractivity contribution in [3.05, 3.63) is 66.1 Å². The van der Waals surface area contributed by atoms with Crippen molar-refractivity contribution in [3.63, 3.8) is 0 Å². The molecular weight excluding hydrogens is 328 g/mol. The van der Waals surface area contributed by atoms with Crippen molar-refractivity contribution in [2.75, 3.05) is 0 Å². The highest BCUT2D eigenvalue weighted by Gasteiger charge is 2.24. The maximum atomic E-state index is 12.3. The molecule has 0 aliphatic heterocycles. The fourth-order valence-electron chi connectivity index (χ4n) is 3.29. The third-order valence-corrected chi connectivity index (χ3v) is 4.62. The minimum Gasteiger partial charge on any atom is -0.469 e. The molecule has 3 heterocycles. The lowest BCUT2D eigenvalue weighted by Gasteiger charge is -2.25. The zero-order valence-electron chi connectivity index (χ0n) is 14.4. The topological polar surface area (TPSA) is 80.9 Å². The number of furan rings is 1. The van der Waals surface area contributed by atoms with Gasteiger partial charge in [0, 0.05) is 48.3 Å². The van der Waals surface area contributed by atoms with E-state index in [0.717, 1.165) is 41.8 Å². The molecule has 0 aromatic carbocycles. The lowest BCUT2D eigenvalue weighted by Crippen LogP contribution is -2.31. The normalized spacial score (nSPS) is 16.1. The zero-order chi connectivity index (χ0) is 17.8. The molecule has 3 aromatic rings. The van der Waals surface area contributed by atoms with Gasteiger partial charge in [-0.1, -0.05) is 0 Å². The second-order valence-corrected chi connectivity index (χ2v) is 6.43. The Kier molecular flexibility index (Phi) is 4.73. The van der Waals surface area contributed by atoms with Crippen LogP contribution >= 0.6 is 0 Å². The third kappa shape index (κ3) is 3.64. The van der Waals surface area contributed by atoms with E-state index in [2.05, 4.69) is 15.3 Å². The van der Waals surface area contributed by atoms with Gasteiger partial charge >= 0.3 is 0 Å². The molecule has 132 valence electrons. The van der Waals surface area contributed by atoms with Gasteiger partial charge in [-0.05, 0) is 43.5 Å². The number of hydrogen-bond acceptors (Lipinski definition) is 5. The summed E-state index contributed by atoms with van der Waals surface area (Å²) in [4.78, 5) is 25.6. The molecule has 6 nitrogen and oxygen atoms in total. The fraction of sp³-hybridized carbons (Fsp3) is 0.300. The first kappa shape index (κ1) is 16.4. The van der Waals surface area contributed by atoms with Crippen LogP contribution in [-0.4, -0.2) is 20.9 Å². The van der Waals surface area contributed by atoms with Crippen LogP contribution < -0.4 is 5.32 Å². The average Bonchev–Trinajstić information content (AvgIpc) is 3.21. The summed E-state index contributed by atoms with van der Waals surface area (Å²) >= 11 is 0. The highest BCUT2D eigenvalue weighted by Crippen LogP contribution is 2.29. The predicted molar refractivity (Wildman–Crippen MR) is 96.1 cm³/mol. The molecule has 0 bridgehead atoms. The monoisotopic (exact) mass is 348 g/mol. The molecule has 4 rings (SSSR count). The van der Waals surface area contributed by atoms with Gasteiger partial charge in [0.25, 0.3) is 0 Å². The Morgan fingerprint density at radius 3 is 3.04 bits per heavy atom. The van der Waals surface area contributed by atoms with Crippen LogP contribution in [0.15, 0.2) is 53.5 Å². The van der Waals surface area contributed by atoms with Crippen LogP contribution in [0.1, 0.15) is 42.3 Å². The number of carbonyl (C=O) groups is 1. The highest BCUT2D eigenvalue weighted by molar-refractivity contribution is 5.76. The van der Waals surface area contributed by atoms with Crippen molar-refractivity contribution >= 4 is 5.91 Å². The number of rotatable bonds is 5. The van der Waals surface area contributed by atoms with Crippen molar-refractivity contribution in [2.45, 2.75) is 38.1 Å². The Morgan fingerprint density at radius 2 is 2.23 bits per heavy atom. The van der Waals surface area contributed by atoms with E-state index in [1.54, 1.807) is 18.7 Å². The van der Waals surface area contributed by atoms with Gasteiger partial charge in [0.2, 0.25) is 5.91 Å². The van der Waals surface area contributed by atoms with Crippen molar-refractivity contribution in [2.24, 2.45) is 0 Å². The third-order valence-electron chi connectivity index (χ3n) is 4.62. The Labute approximate surface area is 151 Å². The molecule has 1 amide bonds. The first-order valence-corrected chi connectivity index (χ1v) is 8.87. The van der Waals surface area contributed by atoms with Gasteiger partial charge in [-0.3, -0.25) is 9.78 Å². The Bertz CT molecular complexity index is 878. The standard InChI is InChI=1S/C20H20N4O2/c25-19(9-8-15-5-3-11-26-15)23-17-6-1-7-18-16(17)13-22-20(24-18)14-4-2-10-21-12-14/h2-5,10-13,17H,1,6-9H2,(H,23,25). The number of nitrogens with one attached hydrogen (secondary N) is 1. The second-order valence-electron chi connectivity index (χ2n) is 6.43. The van der Waals surface area contributed by atoms with Crippen molar-refractivity contribution in [1.29, 1.82) is 0 Å². The number of amides is 1. The summed E-state index contributed by atoms with van der Waals surface area (Å²) in [6, 6.07) is 7.52. The molecule has 0 saturated heterocycles. The highest BCUT2D eigenvalue weighted by atomic mass is 16.3. The van der Waals surface area contributed by atoms with Gasteiger partial charge in [-0.2, -0.15) is 0 Å². The van der Waals surface area contributed by atoms with E-state index in [4.69, 9.17) is 9.40 Å². The molecule has 1 atom stereocenters. The van der Waals surface area contributed by atoms with Crippen LogP contribution in [0.5, 0.6) is 0 Å². The SMILES string of the molecule is O=C(CCc1ccco1)NC1CCCc2nc(-c3cccnc3)ncc21. The summed E-state index contributed by atoms with van der Waals surface area (Å²) in [5.41, 5.74) is 2.94. The second kappa shape index (κ2) is 7.47. The summed E-state index contributed by atoms with van der Waals surface area (Å²) in [5, 5.41) is 3.12. The van der Waals surface area contributed by atoms with E-state index >= 15 is 0 Å². The van der Waals surface area contributed by atoms with Crippen molar-refractivity contribution in [1.82, 2.24) is 20.3 Å². The summed E-state index contributed by atoms with van der Waals surface area (Å²) in [7, 11) is 0. The number of aryl methyl sites for hydroxylation is 2. The van der Waals surface area contributed by atoms with E-state index in [1.807, 2.05) is 30.5 Å². The first-order valence-electron chi connectivity index (χ1n) is 8.87. The lowest BCUT2D eigenvalue weighted by atomic mass is 9.92. The van der Waals surface area contributed by atoms with Gasteiger partial charge in [0.1, 0.15) is 5.76 Å². The summed E-state index contributed by atoms with van der Waals surface area (Å²) < 4.78 is 5.28. The lowest BCUT2D eigenvalue weighted by molar-refractivity contribution is -0.122. The van der Waals surface area contributed by atoms with Crippen molar-refractivity contribution < 1.29 is 9.21 Å². The van der Waals surface area contributed by atoms with Crippen LogP contribution in [0.3, 0.4) is 0 Å². The molecule has 1 aliphatic rings. The molecule has 1 unspecified atom stereocenters. The molecule has 3 aromatic heterocycles. The Balaban J connectivity index is 1.46.